The minimum atomic E-state index is -4.42. The van der Waals surface area contributed by atoms with Crippen molar-refractivity contribution in [3.05, 3.63) is 59.8 Å². The molecule has 0 unspecified atom stereocenters. The average molecular weight is 544 g/mol. The Morgan fingerprint density at radius 2 is 1.81 bits per heavy atom. The van der Waals surface area contributed by atoms with Crippen LogP contribution in [0.1, 0.15) is 31.7 Å². The molecule has 0 radical (unpaired) electrons. The first-order chi connectivity index (χ1) is 17.0. The summed E-state index contributed by atoms with van der Waals surface area (Å²) in [5, 5.41) is 8.96. The van der Waals surface area contributed by atoms with Gasteiger partial charge in [-0.25, -0.2) is 18.5 Å². The second-order valence-electron chi connectivity index (χ2n) is 8.14. The zero-order chi connectivity index (χ0) is 26.6. The average Bonchev–Trinajstić information content (AvgIpc) is 3.14. The Bertz CT molecular complexity index is 1260. The summed E-state index contributed by atoms with van der Waals surface area (Å²) in [6.45, 7) is 7.19. The fraction of sp³-hybridized carbons (Fsp3) is 0.348. The first-order valence-corrected chi connectivity index (χ1v) is 12.7. The number of hydrogen-bond acceptors (Lipinski definition) is 10. The quantitative estimate of drug-likeness (QED) is 0.0773. The van der Waals surface area contributed by atoms with E-state index >= 15 is 0 Å². The van der Waals surface area contributed by atoms with E-state index in [1.807, 2.05) is 19.9 Å². The molecule has 4 amide bonds. The number of benzene rings is 1. The van der Waals surface area contributed by atoms with Gasteiger partial charge in [0.15, 0.2) is 5.75 Å². The number of unbranched alkanes of at least 4 members (excludes halogenated alkanes) is 1. The number of fused-ring (bicyclic) bond motifs is 1. The van der Waals surface area contributed by atoms with E-state index in [0.717, 1.165) is 10.5 Å². The van der Waals surface area contributed by atoms with Crippen LogP contribution in [0.5, 0.6) is 5.75 Å². The monoisotopic (exact) mass is 543 g/mol. The number of amides is 4. The number of aryl methyl sites for hydroxylation is 1. The zero-order valence-corrected chi connectivity index (χ0v) is 23.6. The maximum atomic E-state index is 13.0. The van der Waals surface area contributed by atoms with E-state index in [1.165, 1.54) is 12.2 Å². The van der Waals surface area contributed by atoms with Gasteiger partial charge in [0.25, 0.3) is 11.8 Å². The predicted molar refractivity (Wildman–Crippen MR) is 126 cm³/mol. The molecule has 1 aromatic carbocycles. The van der Waals surface area contributed by atoms with E-state index in [1.54, 1.807) is 17.0 Å². The van der Waals surface area contributed by atoms with Crippen molar-refractivity contribution < 1.29 is 71.8 Å². The van der Waals surface area contributed by atoms with Gasteiger partial charge in [0, 0.05) is 18.8 Å². The number of allylic oxidation sites excluding steroid dienone is 2. The van der Waals surface area contributed by atoms with Crippen molar-refractivity contribution in [3.8, 4) is 5.75 Å². The first kappa shape index (κ1) is 30.5. The molecule has 0 saturated carbocycles. The number of rotatable bonds is 10. The molecule has 0 aromatic heterocycles. The third-order valence-electron chi connectivity index (χ3n) is 5.48. The van der Waals surface area contributed by atoms with E-state index in [9.17, 15) is 27.4 Å². The summed E-state index contributed by atoms with van der Waals surface area (Å²) in [5.74, 6) is -2.51. The van der Waals surface area contributed by atoms with Crippen LogP contribution in [0.4, 0.5) is 10.5 Å². The van der Waals surface area contributed by atoms with E-state index in [-0.39, 0.29) is 55.0 Å². The molecule has 1 fully saturated rings. The Morgan fingerprint density at radius 3 is 2.43 bits per heavy atom. The SMILES string of the molecule is C=C(OO)N1C(=O)C(=CC=C2Oc3ccc(C)cc3N2CCCS(=O)(=O)[O-])C(=O)N(CCCC)C1=O.[Na+]. The number of anilines is 1. The summed E-state index contributed by atoms with van der Waals surface area (Å²) in [6, 6.07) is 4.33. The van der Waals surface area contributed by atoms with E-state index in [0.29, 0.717) is 29.2 Å². The van der Waals surface area contributed by atoms with Crippen molar-refractivity contribution in [1.82, 2.24) is 9.80 Å². The van der Waals surface area contributed by atoms with Crippen molar-refractivity contribution in [3.63, 3.8) is 0 Å². The number of nitrogens with zero attached hydrogens (tertiary/aromatic N) is 3. The topological polar surface area (TPSA) is 157 Å². The summed E-state index contributed by atoms with van der Waals surface area (Å²) in [4.78, 5) is 45.6. The van der Waals surface area contributed by atoms with Gasteiger partial charge in [0.2, 0.25) is 11.8 Å². The molecule has 12 nitrogen and oxygen atoms in total. The Morgan fingerprint density at radius 1 is 1.14 bits per heavy atom. The van der Waals surface area contributed by atoms with Crippen LogP contribution >= 0.6 is 0 Å². The van der Waals surface area contributed by atoms with Crippen LogP contribution in [0.15, 0.2) is 54.3 Å². The van der Waals surface area contributed by atoms with Crippen LogP contribution in [-0.4, -0.2) is 64.7 Å². The van der Waals surface area contributed by atoms with Crippen molar-refractivity contribution >= 4 is 33.7 Å². The van der Waals surface area contributed by atoms with Gasteiger partial charge in [-0.1, -0.05) is 19.4 Å². The van der Waals surface area contributed by atoms with Gasteiger partial charge >= 0.3 is 35.6 Å². The molecular weight excluding hydrogens is 517 g/mol. The first-order valence-electron chi connectivity index (χ1n) is 11.1. The maximum Gasteiger partial charge on any atom is 1.00 e. The van der Waals surface area contributed by atoms with Crippen molar-refractivity contribution in [1.29, 1.82) is 0 Å². The zero-order valence-electron chi connectivity index (χ0n) is 20.8. The summed E-state index contributed by atoms with van der Waals surface area (Å²) < 4.78 is 39.0. The summed E-state index contributed by atoms with van der Waals surface area (Å²) in [7, 11) is -4.42. The second kappa shape index (κ2) is 12.7. The number of hydrogen-bond donors (Lipinski definition) is 1. The standard InChI is InChI=1S/C23H27N3O9S.Na/c1-4-5-11-25-21(27)17(22(28)26(23(25)29)16(3)35-30)8-10-20-24(12-6-13-36(31,32)33)18-14-15(2)7-9-19(18)34-20;/h7-10,14,30H,3-6,11-13H2,1-2H3,(H,31,32,33);/q;+1/p-1. The largest absolute Gasteiger partial charge is 1.00 e. The molecule has 2 heterocycles. The smallest absolute Gasteiger partial charge is 0.748 e. The van der Waals surface area contributed by atoms with Crippen molar-refractivity contribution in [2.45, 2.75) is 33.1 Å². The number of barbiturate groups is 1. The van der Waals surface area contributed by atoms with Gasteiger partial charge in [-0.3, -0.25) is 14.5 Å². The maximum absolute atomic E-state index is 13.0. The number of ether oxygens (including phenoxy) is 1. The molecule has 37 heavy (non-hydrogen) atoms. The van der Waals surface area contributed by atoms with Crippen LogP contribution in [0.25, 0.3) is 0 Å². The van der Waals surface area contributed by atoms with Crippen LogP contribution < -0.4 is 39.2 Å². The molecule has 1 saturated heterocycles. The van der Waals surface area contributed by atoms with E-state index in [4.69, 9.17) is 9.99 Å². The van der Waals surface area contributed by atoms with Gasteiger partial charge in [-0.15, -0.1) is 0 Å². The van der Waals surface area contributed by atoms with Gasteiger partial charge < -0.3 is 19.1 Å². The second-order valence-corrected chi connectivity index (χ2v) is 9.67. The molecular formula is C23H26N3NaO9S. The number of imide groups is 2. The summed E-state index contributed by atoms with van der Waals surface area (Å²) in [5.41, 5.74) is 1.11. The molecule has 3 rings (SSSR count). The van der Waals surface area contributed by atoms with Crippen LogP contribution in [0, 0.1) is 6.92 Å². The molecule has 0 atom stereocenters. The van der Waals surface area contributed by atoms with E-state index < -0.39 is 45.2 Å². The third-order valence-corrected chi connectivity index (χ3v) is 6.26. The Hall–Kier alpha value is -2.68. The van der Waals surface area contributed by atoms with E-state index in [2.05, 4.69) is 11.5 Å². The molecule has 0 aliphatic carbocycles. The van der Waals surface area contributed by atoms with Gasteiger partial charge in [0.1, 0.15) is 5.57 Å². The van der Waals surface area contributed by atoms with Crippen LogP contribution in [0.3, 0.4) is 0 Å². The van der Waals surface area contributed by atoms with Crippen LogP contribution in [0.2, 0.25) is 0 Å². The van der Waals surface area contributed by atoms with Crippen molar-refractivity contribution in [2.24, 2.45) is 0 Å². The minimum absolute atomic E-state index is 0. The molecule has 2 aliphatic rings. The number of carbonyl (C=O) groups excluding carboxylic acids is 3. The Labute approximate surface area is 236 Å². The normalized spacial score (nSPS) is 17.7. The number of urea groups is 1. The third kappa shape index (κ3) is 7.00. The Balaban J connectivity index is 0.00000481. The van der Waals surface area contributed by atoms with Gasteiger partial charge in [-0.05, 0) is 56.2 Å². The molecule has 0 bridgehead atoms. The summed E-state index contributed by atoms with van der Waals surface area (Å²) in [6.07, 6.45) is 3.66. The summed E-state index contributed by atoms with van der Waals surface area (Å²) >= 11 is 0. The van der Waals surface area contributed by atoms with Gasteiger partial charge in [0.05, 0.1) is 15.8 Å². The molecule has 1 N–H and O–H groups in total. The molecule has 2 aliphatic heterocycles. The predicted octanol–water partition coefficient (Wildman–Crippen LogP) is -0.547. The fourth-order valence-electron chi connectivity index (χ4n) is 3.69. The molecule has 194 valence electrons. The number of carbonyl (C=O) groups is 3. The minimum Gasteiger partial charge on any atom is -0.748 e. The fourth-order valence-corrected chi connectivity index (χ4v) is 4.17. The molecule has 14 heteroatoms. The van der Waals surface area contributed by atoms with Crippen LogP contribution in [-0.2, 0) is 24.6 Å². The van der Waals surface area contributed by atoms with Gasteiger partial charge in [-0.2, -0.15) is 4.90 Å². The molecule has 1 aromatic rings. The molecule has 0 spiro atoms. The Kier molecular flexibility index (Phi) is 10.5. The van der Waals surface area contributed by atoms with Crippen molar-refractivity contribution in [2.75, 3.05) is 23.7 Å².